The van der Waals surface area contributed by atoms with Crippen molar-refractivity contribution in [3.63, 3.8) is 0 Å². The maximum Gasteiger partial charge on any atom is 0.326 e. The molecule has 1 aliphatic heterocycles. The molecular weight excluding hydrogens is 212 g/mol. The number of nitrogens with one attached hydrogen (secondary N) is 1. The van der Waals surface area contributed by atoms with Crippen LogP contribution in [0.15, 0.2) is 0 Å². The van der Waals surface area contributed by atoms with E-state index in [-0.39, 0.29) is 19.0 Å². The Balaban J connectivity index is 2.63. The van der Waals surface area contributed by atoms with Crippen LogP contribution in [0.5, 0.6) is 0 Å². The summed E-state index contributed by atoms with van der Waals surface area (Å²) < 4.78 is 0. The van der Waals surface area contributed by atoms with Crippen LogP contribution in [0.25, 0.3) is 0 Å². The van der Waals surface area contributed by atoms with E-state index in [0.29, 0.717) is 0 Å². The number of hydrogen-bond acceptors (Lipinski definition) is 3. The highest BCUT2D eigenvalue weighted by molar-refractivity contribution is 5.83. The van der Waals surface area contributed by atoms with Gasteiger partial charge in [0.25, 0.3) is 0 Å². The molecular formula is C10H18N2O4. The summed E-state index contributed by atoms with van der Waals surface area (Å²) in [7, 11) is 0. The van der Waals surface area contributed by atoms with Crippen LogP contribution in [0.2, 0.25) is 0 Å². The Morgan fingerprint density at radius 2 is 2.19 bits per heavy atom. The van der Waals surface area contributed by atoms with Crippen LogP contribution in [-0.2, 0) is 4.79 Å². The number of carboxylic acid groups (broad SMARTS) is 1. The number of hydrogen-bond donors (Lipinski definition) is 3. The van der Waals surface area contributed by atoms with E-state index in [1.54, 1.807) is 0 Å². The number of rotatable bonds is 3. The predicted molar refractivity (Wildman–Crippen MR) is 57.0 cm³/mol. The second kappa shape index (κ2) is 5.16. The van der Waals surface area contributed by atoms with Gasteiger partial charge in [0, 0.05) is 19.0 Å². The Morgan fingerprint density at radius 3 is 2.69 bits per heavy atom. The summed E-state index contributed by atoms with van der Waals surface area (Å²) >= 11 is 0. The van der Waals surface area contributed by atoms with E-state index in [1.165, 1.54) is 4.90 Å². The van der Waals surface area contributed by atoms with Crippen molar-refractivity contribution in [2.24, 2.45) is 0 Å². The third-order valence-electron chi connectivity index (χ3n) is 2.81. The van der Waals surface area contributed by atoms with Crippen LogP contribution in [0.3, 0.4) is 0 Å². The van der Waals surface area contributed by atoms with E-state index in [4.69, 9.17) is 5.11 Å². The van der Waals surface area contributed by atoms with E-state index in [0.717, 1.165) is 6.42 Å². The fraction of sp³-hybridized carbons (Fsp3) is 0.800. The van der Waals surface area contributed by atoms with Gasteiger partial charge in [-0.25, -0.2) is 9.59 Å². The van der Waals surface area contributed by atoms with Crippen molar-refractivity contribution in [3.05, 3.63) is 0 Å². The molecule has 1 unspecified atom stereocenters. The van der Waals surface area contributed by atoms with Gasteiger partial charge in [-0.3, -0.25) is 0 Å². The van der Waals surface area contributed by atoms with Crippen LogP contribution in [0.1, 0.15) is 26.7 Å². The summed E-state index contributed by atoms with van der Waals surface area (Å²) in [6.45, 7) is 3.86. The van der Waals surface area contributed by atoms with Gasteiger partial charge < -0.3 is 20.4 Å². The van der Waals surface area contributed by atoms with Crippen molar-refractivity contribution < 1.29 is 19.8 Å². The monoisotopic (exact) mass is 230 g/mol. The minimum atomic E-state index is -1.07. The van der Waals surface area contributed by atoms with Gasteiger partial charge in [0.2, 0.25) is 0 Å². The number of carbonyl (C=O) groups is 2. The zero-order valence-corrected chi connectivity index (χ0v) is 9.51. The Hall–Kier alpha value is -1.30. The molecule has 1 rings (SSSR count). The number of amides is 2. The van der Waals surface area contributed by atoms with Gasteiger partial charge >= 0.3 is 12.0 Å². The Kier molecular flexibility index (Phi) is 4.12. The lowest BCUT2D eigenvalue weighted by atomic mass is 10.2. The van der Waals surface area contributed by atoms with Gasteiger partial charge in [-0.1, -0.05) is 6.92 Å². The zero-order chi connectivity index (χ0) is 12.3. The molecule has 0 aromatic heterocycles. The largest absolute Gasteiger partial charge is 0.480 e. The van der Waals surface area contributed by atoms with E-state index >= 15 is 0 Å². The molecule has 0 spiro atoms. The second-order valence-corrected chi connectivity index (χ2v) is 4.15. The molecule has 2 amide bonds. The molecule has 1 saturated heterocycles. The molecule has 0 radical (unpaired) electrons. The Bertz CT molecular complexity index is 282. The van der Waals surface area contributed by atoms with E-state index < -0.39 is 24.1 Å². The molecule has 6 nitrogen and oxygen atoms in total. The number of carboxylic acids is 1. The SMILES string of the molecule is CCC(C)NC(=O)N1C[C@@H](O)C[C@H]1C(=O)O. The maximum absolute atomic E-state index is 11.7. The molecule has 0 aliphatic carbocycles. The van der Waals surface area contributed by atoms with Crippen LogP contribution >= 0.6 is 0 Å². The summed E-state index contributed by atoms with van der Waals surface area (Å²) in [5.41, 5.74) is 0. The highest BCUT2D eigenvalue weighted by Gasteiger charge is 2.39. The third-order valence-corrected chi connectivity index (χ3v) is 2.81. The number of aliphatic hydroxyl groups is 1. The van der Waals surface area contributed by atoms with Gasteiger partial charge in [-0.2, -0.15) is 0 Å². The van der Waals surface area contributed by atoms with Gasteiger partial charge in [-0.05, 0) is 13.3 Å². The highest BCUT2D eigenvalue weighted by atomic mass is 16.4. The average Bonchev–Trinajstić information content (AvgIpc) is 2.60. The van der Waals surface area contributed by atoms with Crippen molar-refractivity contribution in [1.82, 2.24) is 10.2 Å². The maximum atomic E-state index is 11.7. The van der Waals surface area contributed by atoms with Gasteiger partial charge in [0.1, 0.15) is 6.04 Å². The summed E-state index contributed by atoms with van der Waals surface area (Å²) in [5, 5.41) is 21.0. The van der Waals surface area contributed by atoms with Crippen molar-refractivity contribution in [2.45, 2.75) is 44.9 Å². The fourth-order valence-corrected chi connectivity index (χ4v) is 1.67. The smallest absolute Gasteiger partial charge is 0.326 e. The number of nitrogens with zero attached hydrogens (tertiary/aromatic N) is 1. The molecule has 1 aliphatic rings. The molecule has 6 heteroatoms. The number of β-amino-alcohol motifs (C(OH)–C–C–N with tert-alkyl or cyclic N) is 1. The first-order chi connectivity index (χ1) is 7.45. The second-order valence-electron chi connectivity index (χ2n) is 4.15. The molecule has 16 heavy (non-hydrogen) atoms. The van der Waals surface area contributed by atoms with E-state index in [9.17, 15) is 14.7 Å². The van der Waals surface area contributed by atoms with Gasteiger partial charge in [-0.15, -0.1) is 0 Å². The van der Waals surface area contributed by atoms with E-state index in [2.05, 4.69) is 5.32 Å². The van der Waals surface area contributed by atoms with Gasteiger partial charge in [0.15, 0.2) is 0 Å². The van der Waals surface area contributed by atoms with Crippen LogP contribution in [0.4, 0.5) is 4.79 Å². The predicted octanol–water partition coefficient (Wildman–Crippen LogP) is 0.0143. The van der Waals surface area contributed by atoms with Crippen molar-refractivity contribution in [2.75, 3.05) is 6.54 Å². The van der Waals surface area contributed by atoms with E-state index in [1.807, 2.05) is 13.8 Å². The number of aliphatic carboxylic acids is 1. The molecule has 1 fully saturated rings. The number of likely N-dealkylation sites (tertiary alicyclic amines) is 1. The normalized spacial score (nSPS) is 26.6. The standard InChI is InChI=1S/C10H18N2O4/c1-3-6(2)11-10(16)12-5-7(13)4-8(12)9(14)15/h6-8,13H,3-5H2,1-2H3,(H,11,16)(H,14,15)/t6?,7-,8-/m0/s1. The molecule has 0 saturated carbocycles. The molecule has 0 aromatic carbocycles. The minimum Gasteiger partial charge on any atom is -0.480 e. The molecule has 1 heterocycles. The number of urea groups is 1. The molecule has 3 atom stereocenters. The molecule has 0 aromatic rings. The summed E-state index contributed by atoms with van der Waals surface area (Å²) in [6, 6.07) is -1.34. The Morgan fingerprint density at radius 1 is 1.56 bits per heavy atom. The molecule has 3 N–H and O–H groups in total. The minimum absolute atomic E-state index is 0.000289. The number of aliphatic hydroxyl groups excluding tert-OH is 1. The lowest BCUT2D eigenvalue weighted by Crippen LogP contribution is -2.48. The fourth-order valence-electron chi connectivity index (χ4n) is 1.67. The summed E-state index contributed by atoms with van der Waals surface area (Å²) in [6.07, 6.45) is 0.132. The average molecular weight is 230 g/mol. The van der Waals surface area contributed by atoms with Crippen LogP contribution in [-0.4, -0.2) is 51.8 Å². The highest BCUT2D eigenvalue weighted by Crippen LogP contribution is 2.18. The molecule has 92 valence electrons. The van der Waals surface area contributed by atoms with Crippen LogP contribution < -0.4 is 5.32 Å². The summed E-state index contributed by atoms with van der Waals surface area (Å²) in [4.78, 5) is 23.8. The zero-order valence-electron chi connectivity index (χ0n) is 9.51. The molecule has 0 bridgehead atoms. The number of carbonyl (C=O) groups excluding carboxylic acids is 1. The van der Waals surface area contributed by atoms with Crippen molar-refractivity contribution in [1.29, 1.82) is 0 Å². The van der Waals surface area contributed by atoms with Crippen molar-refractivity contribution >= 4 is 12.0 Å². The van der Waals surface area contributed by atoms with Crippen molar-refractivity contribution in [3.8, 4) is 0 Å². The lowest BCUT2D eigenvalue weighted by molar-refractivity contribution is -0.141. The lowest BCUT2D eigenvalue weighted by Gasteiger charge is -2.23. The first kappa shape index (κ1) is 12.8. The first-order valence-electron chi connectivity index (χ1n) is 5.43. The van der Waals surface area contributed by atoms with Crippen LogP contribution in [0, 0.1) is 0 Å². The first-order valence-corrected chi connectivity index (χ1v) is 5.43. The quantitative estimate of drug-likeness (QED) is 0.637. The topological polar surface area (TPSA) is 89.9 Å². The summed E-state index contributed by atoms with van der Waals surface area (Å²) in [5.74, 6) is -1.07. The Labute approximate surface area is 94.2 Å². The van der Waals surface area contributed by atoms with Gasteiger partial charge in [0.05, 0.1) is 6.10 Å². The third kappa shape index (κ3) is 2.85.